The molecule has 6 nitrogen and oxygen atoms in total. The Hall–Kier alpha value is -2.15. The summed E-state index contributed by atoms with van der Waals surface area (Å²) in [5.41, 5.74) is 0. The molecule has 0 saturated heterocycles. The quantitative estimate of drug-likeness (QED) is 0.753. The van der Waals surface area contributed by atoms with Gasteiger partial charge in [0.05, 0.1) is 6.54 Å². The van der Waals surface area contributed by atoms with E-state index in [1.165, 1.54) is 12.1 Å². The third kappa shape index (κ3) is 4.92. The number of para-hydroxylation sites is 1. The summed E-state index contributed by atoms with van der Waals surface area (Å²) in [6.07, 6.45) is 1.43. The van der Waals surface area contributed by atoms with Gasteiger partial charge in [-0.05, 0) is 31.5 Å². The first-order valence-corrected chi connectivity index (χ1v) is 7.62. The predicted octanol–water partition coefficient (Wildman–Crippen LogP) is 1.26. The van der Waals surface area contributed by atoms with Gasteiger partial charge >= 0.3 is 5.97 Å². The van der Waals surface area contributed by atoms with Gasteiger partial charge in [-0.15, -0.1) is 0 Å². The Balaban J connectivity index is 1.70. The van der Waals surface area contributed by atoms with Gasteiger partial charge in [-0.3, -0.25) is 14.5 Å². The van der Waals surface area contributed by atoms with Gasteiger partial charge in [-0.2, -0.15) is 0 Å². The summed E-state index contributed by atoms with van der Waals surface area (Å²) < 4.78 is 18.5. The zero-order valence-electron chi connectivity index (χ0n) is 13.0. The van der Waals surface area contributed by atoms with Crippen LogP contribution >= 0.6 is 0 Å². The number of amides is 1. The van der Waals surface area contributed by atoms with Gasteiger partial charge in [-0.25, -0.2) is 4.39 Å². The minimum absolute atomic E-state index is 0.0121. The molecular formula is C16H21FN2O4. The monoisotopic (exact) mass is 324 g/mol. The number of carboxylic acid groups (broad SMARTS) is 1. The molecule has 1 amide bonds. The summed E-state index contributed by atoms with van der Waals surface area (Å²) in [5, 5.41) is 11.6. The molecule has 1 saturated carbocycles. The zero-order chi connectivity index (χ0) is 16.8. The van der Waals surface area contributed by atoms with Crippen molar-refractivity contribution in [3.8, 4) is 5.75 Å². The van der Waals surface area contributed by atoms with Gasteiger partial charge in [0.2, 0.25) is 0 Å². The predicted molar refractivity (Wildman–Crippen MR) is 81.7 cm³/mol. The van der Waals surface area contributed by atoms with E-state index in [0.29, 0.717) is 19.4 Å². The summed E-state index contributed by atoms with van der Waals surface area (Å²) in [5.74, 6) is -1.61. The molecule has 0 bridgehead atoms. The molecule has 7 heteroatoms. The van der Waals surface area contributed by atoms with E-state index in [1.807, 2.05) is 11.8 Å². The van der Waals surface area contributed by atoms with Crippen LogP contribution in [0.2, 0.25) is 0 Å². The molecule has 23 heavy (non-hydrogen) atoms. The lowest BCUT2D eigenvalue weighted by molar-refractivity contribution is -0.139. The van der Waals surface area contributed by atoms with Crippen LogP contribution in [-0.4, -0.2) is 53.7 Å². The van der Waals surface area contributed by atoms with Crippen molar-refractivity contribution >= 4 is 11.9 Å². The van der Waals surface area contributed by atoms with Crippen molar-refractivity contribution in [2.75, 3.05) is 19.7 Å². The number of carbonyl (C=O) groups is 2. The normalized spacial score (nSPS) is 20.0. The molecule has 0 heterocycles. The maximum absolute atomic E-state index is 13.4. The number of carboxylic acids is 1. The fourth-order valence-corrected chi connectivity index (χ4v) is 2.65. The van der Waals surface area contributed by atoms with Crippen LogP contribution in [0.15, 0.2) is 24.3 Å². The molecule has 1 aliphatic carbocycles. The Kier molecular flexibility index (Phi) is 5.92. The summed E-state index contributed by atoms with van der Waals surface area (Å²) in [6.45, 7) is 2.35. The van der Waals surface area contributed by atoms with Gasteiger partial charge in [0, 0.05) is 12.1 Å². The summed E-state index contributed by atoms with van der Waals surface area (Å²) in [7, 11) is 0. The second-order valence-corrected chi connectivity index (χ2v) is 5.57. The molecule has 0 atom stereocenters. The maximum atomic E-state index is 13.4. The molecule has 0 spiro atoms. The second kappa shape index (κ2) is 7.92. The number of benzene rings is 1. The fourth-order valence-electron chi connectivity index (χ4n) is 2.65. The smallest absolute Gasteiger partial charge is 0.317 e. The molecule has 1 aliphatic rings. The molecule has 2 N–H and O–H groups in total. The van der Waals surface area contributed by atoms with Crippen molar-refractivity contribution in [2.24, 2.45) is 0 Å². The lowest BCUT2D eigenvalue weighted by Crippen LogP contribution is -2.55. The highest BCUT2D eigenvalue weighted by atomic mass is 19.1. The number of halogens is 1. The van der Waals surface area contributed by atoms with Crippen LogP contribution in [0.3, 0.4) is 0 Å². The van der Waals surface area contributed by atoms with Gasteiger partial charge in [0.15, 0.2) is 18.2 Å². The molecule has 0 radical (unpaired) electrons. The standard InChI is InChI=1S/C16H21FN2O4/c1-2-19(9-16(21)22)12-7-11(8-12)18-15(20)10-23-14-6-4-3-5-13(14)17/h3-6,11-12H,2,7-10H2,1H3,(H,18,20)(H,21,22). The molecule has 0 aliphatic heterocycles. The number of carbonyl (C=O) groups excluding carboxylic acids is 1. The van der Waals surface area contributed by atoms with Crippen molar-refractivity contribution in [2.45, 2.75) is 31.8 Å². The Morgan fingerprint density at radius 1 is 1.39 bits per heavy atom. The average Bonchev–Trinajstić information content (AvgIpc) is 2.47. The van der Waals surface area contributed by atoms with Crippen molar-refractivity contribution in [3.63, 3.8) is 0 Å². The molecule has 126 valence electrons. The Morgan fingerprint density at radius 3 is 2.70 bits per heavy atom. The van der Waals surface area contributed by atoms with Crippen LogP contribution in [0.1, 0.15) is 19.8 Å². The van der Waals surface area contributed by atoms with E-state index in [2.05, 4.69) is 5.32 Å². The minimum Gasteiger partial charge on any atom is -0.481 e. The lowest BCUT2D eigenvalue weighted by atomic mass is 9.85. The van der Waals surface area contributed by atoms with Gasteiger partial charge in [0.1, 0.15) is 0 Å². The topological polar surface area (TPSA) is 78.9 Å². The number of rotatable bonds is 8. The SMILES string of the molecule is CCN(CC(=O)O)C1CC(NC(=O)COc2ccccc2F)C1. The number of nitrogens with zero attached hydrogens (tertiary/aromatic N) is 1. The zero-order valence-corrected chi connectivity index (χ0v) is 13.0. The van der Waals surface area contributed by atoms with Crippen LogP contribution in [0.4, 0.5) is 4.39 Å². The molecular weight excluding hydrogens is 303 g/mol. The summed E-state index contributed by atoms with van der Waals surface area (Å²) in [4.78, 5) is 24.4. The van der Waals surface area contributed by atoms with Crippen LogP contribution in [-0.2, 0) is 9.59 Å². The van der Waals surface area contributed by atoms with E-state index in [0.717, 1.165) is 0 Å². The third-order valence-corrected chi connectivity index (χ3v) is 3.93. The third-order valence-electron chi connectivity index (χ3n) is 3.93. The molecule has 2 rings (SSSR count). The first-order chi connectivity index (χ1) is 11.0. The van der Waals surface area contributed by atoms with Crippen LogP contribution in [0.25, 0.3) is 0 Å². The van der Waals surface area contributed by atoms with E-state index in [-0.39, 0.29) is 36.9 Å². The second-order valence-electron chi connectivity index (χ2n) is 5.57. The first-order valence-electron chi connectivity index (χ1n) is 7.62. The highest BCUT2D eigenvalue weighted by Gasteiger charge is 2.34. The van der Waals surface area contributed by atoms with Crippen molar-refractivity contribution in [1.29, 1.82) is 0 Å². The number of ether oxygens (including phenoxy) is 1. The molecule has 1 aromatic carbocycles. The molecule has 0 aromatic heterocycles. The average molecular weight is 324 g/mol. The van der Waals surface area contributed by atoms with Gasteiger partial charge in [-0.1, -0.05) is 19.1 Å². The Bertz CT molecular complexity index is 561. The first kappa shape index (κ1) is 17.2. The van der Waals surface area contributed by atoms with Gasteiger partial charge in [0.25, 0.3) is 5.91 Å². The number of hydrogen-bond donors (Lipinski definition) is 2. The van der Waals surface area contributed by atoms with Gasteiger partial charge < -0.3 is 15.2 Å². The maximum Gasteiger partial charge on any atom is 0.317 e. The number of nitrogens with one attached hydrogen (secondary N) is 1. The molecule has 1 aromatic rings. The van der Waals surface area contributed by atoms with E-state index >= 15 is 0 Å². The fraction of sp³-hybridized carbons (Fsp3) is 0.500. The largest absolute Gasteiger partial charge is 0.481 e. The van der Waals surface area contributed by atoms with Crippen molar-refractivity contribution in [1.82, 2.24) is 10.2 Å². The lowest BCUT2D eigenvalue weighted by Gasteiger charge is -2.42. The number of likely N-dealkylation sites (N-methyl/N-ethyl adjacent to an activating group) is 1. The highest BCUT2D eigenvalue weighted by Crippen LogP contribution is 2.25. The van der Waals surface area contributed by atoms with E-state index in [9.17, 15) is 14.0 Å². The Morgan fingerprint density at radius 2 is 2.09 bits per heavy atom. The van der Waals surface area contributed by atoms with Crippen molar-refractivity contribution < 1.29 is 23.8 Å². The van der Waals surface area contributed by atoms with E-state index in [4.69, 9.17) is 9.84 Å². The van der Waals surface area contributed by atoms with Crippen molar-refractivity contribution in [3.05, 3.63) is 30.1 Å². The molecule has 0 unspecified atom stereocenters. The Labute approximate surface area is 134 Å². The van der Waals surface area contributed by atoms with Crippen LogP contribution in [0, 0.1) is 5.82 Å². The summed E-state index contributed by atoms with van der Waals surface area (Å²) >= 11 is 0. The minimum atomic E-state index is -0.849. The van der Waals surface area contributed by atoms with Crippen LogP contribution < -0.4 is 10.1 Å². The highest BCUT2D eigenvalue weighted by molar-refractivity contribution is 5.78. The van der Waals surface area contributed by atoms with Crippen LogP contribution in [0.5, 0.6) is 5.75 Å². The summed E-state index contributed by atoms with van der Waals surface area (Å²) in [6, 6.07) is 6.11. The number of aliphatic carboxylic acids is 1. The van der Waals surface area contributed by atoms with E-state index in [1.54, 1.807) is 12.1 Å². The van der Waals surface area contributed by atoms with E-state index < -0.39 is 11.8 Å². The number of hydrogen-bond acceptors (Lipinski definition) is 4. The molecule has 1 fully saturated rings.